The number of hydrogen-bond donors (Lipinski definition) is 1. The summed E-state index contributed by atoms with van der Waals surface area (Å²) in [7, 11) is 2.05. The van der Waals surface area contributed by atoms with Crippen LogP contribution in [0.4, 0.5) is 0 Å². The van der Waals surface area contributed by atoms with Gasteiger partial charge in [-0.1, -0.05) is 45.2 Å². The highest BCUT2D eigenvalue weighted by molar-refractivity contribution is 6.31. The second kappa shape index (κ2) is 6.48. The Labute approximate surface area is 128 Å². The molecule has 1 aliphatic rings. The molecule has 2 atom stereocenters. The first kappa shape index (κ1) is 15.8. The molecule has 4 heteroatoms. The number of hydrogen-bond acceptors (Lipinski definition) is 2. The maximum atomic E-state index is 6.44. The Hall–Kier alpha value is -0.540. The van der Waals surface area contributed by atoms with E-state index in [-0.39, 0.29) is 0 Å². The molecule has 1 heterocycles. The van der Waals surface area contributed by atoms with Crippen LogP contribution in [0.3, 0.4) is 0 Å². The van der Waals surface area contributed by atoms with Crippen LogP contribution in [-0.4, -0.2) is 16.8 Å². The van der Waals surface area contributed by atoms with Crippen molar-refractivity contribution in [1.82, 2.24) is 15.1 Å². The van der Waals surface area contributed by atoms with E-state index in [4.69, 9.17) is 11.6 Å². The van der Waals surface area contributed by atoms with Gasteiger partial charge in [-0.2, -0.15) is 5.10 Å². The standard InChI is InChI=1S/C16H28ClN3/c1-5-10-20-15(13(17)11-19-20)14(18-4)12-8-6-7-9-16(12,2)3/h11-12,14,18H,5-10H2,1-4H3. The third-order valence-electron chi connectivity index (χ3n) is 4.87. The van der Waals surface area contributed by atoms with E-state index in [2.05, 4.69) is 42.9 Å². The van der Waals surface area contributed by atoms with Crippen molar-refractivity contribution < 1.29 is 0 Å². The average molecular weight is 298 g/mol. The molecule has 1 saturated carbocycles. The summed E-state index contributed by atoms with van der Waals surface area (Å²) in [6.07, 6.45) is 8.12. The van der Waals surface area contributed by atoms with Crippen LogP contribution in [0.15, 0.2) is 6.20 Å². The van der Waals surface area contributed by atoms with Crippen molar-refractivity contribution in [1.29, 1.82) is 0 Å². The first-order valence-electron chi connectivity index (χ1n) is 7.89. The minimum absolute atomic E-state index is 0.298. The summed E-state index contributed by atoms with van der Waals surface area (Å²) in [6.45, 7) is 7.91. The van der Waals surface area contributed by atoms with Crippen molar-refractivity contribution in [3.05, 3.63) is 16.9 Å². The van der Waals surface area contributed by atoms with Crippen LogP contribution in [0.5, 0.6) is 0 Å². The second-order valence-corrected chi connectivity index (χ2v) is 7.12. The lowest BCUT2D eigenvalue weighted by Gasteiger charge is -2.43. The van der Waals surface area contributed by atoms with Crippen LogP contribution in [-0.2, 0) is 6.54 Å². The fourth-order valence-corrected chi connectivity index (χ4v) is 4.00. The van der Waals surface area contributed by atoms with Gasteiger partial charge in [-0.05, 0) is 37.6 Å². The molecule has 0 amide bonds. The molecule has 1 aromatic heterocycles. The summed E-state index contributed by atoms with van der Waals surface area (Å²) in [6, 6.07) is 0.298. The SMILES string of the molecule is CCCn1ncc(Cl)c1C(NC)C1CCCCC1(C)C. The molecule has 3 nitrogen and oxygen atoms in total. The van der Waals surface area contributed by atoms with Crippen LogP contribution < -0.4 is 5.32 Å². The summed E-state index contributed by atoms with van der Waals surface area (Å²) >= 11 is 6.44. The van der Waals surface area contributed by atoms with Crippen molar-refractivity contribution in [3.63, 3.8) is 0 Å². The Morgan fingerprint density at radius 1 is 1.50 bits per heavy atom. The number of aryl methyl sites for hydroxylation is 1. The third-order valence-corrected chi connectivity index (χ3v) is 5.16. The Bertz CT molecular complexity index is 439. The van der Waals surface area contributed by atoms with E-state index >= 15 is 0 Å². The number of nitrogens with zero attached hydrogens (tertiary/aromatic N) is 2. The van der Waals surface area contributed by atoms with Crippen molar-refractivity contribution in [2.24, 2.45) is 11.3 Å². The van der Waals surface area contributed by atoms with Crippen LogP contribution in [0, 0.1) is 11.3 Å². The molecule has 0 radical (unpaired) electrons. The van der Waals surface area contributed by atoms with E-state index in [0.29, 0.717) is 17.4 Å². The maximum Gasteiger partial charge on any atom is 0.0834 e. The maximum absolute atomic E-state index is 6.44. The molecule has 0 aromatic carbocycles. The summed E-state index contributed by atoms with van der Waals surface area (Å²) in [5, 5.41) is 8.79. The van der Waals surface area contributed by atoms with E-state index in [0.717, 1.165) is 18.0 Å². The molecule has 0 spiro atoms. The first-order valence-corrected chi connectivity index (χ1v) is 8.27. The second-order valence-electron chi connectivity index (χ2n) is 6.71. The molecular formula is C16H28ClN3. The van der Waals surface area contributed by atoms with E-state index in [9.17, 15) is 0 Å². The number of rotatable bonds is 5. The molecule has 1 fully saturated rings. The largest absolute Gasteiger partial charge is 0.311 e. The van der Waals surface area contributed by atoms with Gasteiger partial charge in [0.05, 0.1) is 23.0 Å². The quantitative estimate of drug-likeness (QED) is 0.871. The van der Waals surface area contributed by atoms with Crippen LogP contribution in [0.1, 0.15) is 64.6 Å². The smallest absolute Gasteiger partial charge is 0.0834 e. The van der Waals surface area contributed by atoms with E-state index in [1.807, 2.05) is 0 Å². The molecule has 1 N–H and O–H groups in total. The monoisotopic (exact) mass is 297 g/mol. The minimum Gasteiger partial charge on any atom is -0.311 e. The third kappa shape index (κ3) is 3.04. The molecule has 0 aliphatic heterocycles. The van der Waals surface area contributed by atoms with Gasteiger partial charge in [-0.15, -0.1) is 0 Å². The van der Waals surface area contributed by atoms with Crippen LogP contribution in [0.2, 0.25) is 5.02 Å². The zero-order valence-corrected chi connectivity index (χ0v) is 14.0. The topological polar surface area (TPSA) is 29.9 Å². The number of nitrogens with one attached hydrogen (secondary N) is 1. The highest BCUT2D eigenvalue weighted by Crippen LogP contribution is 2.47. The lowest BCUT2D eigenvalue weighted by atomic mass is 9.65. The fraction of sp³-hybridized carbons (Fsp3) is 0.812. The van der Waals surface area contributed by atoms with Gasteiger partial charge in [0, 0.05) is 6.54 Å². The predicted octanol–water partition coefficient (Wildman–Crippen LogP) is 4.42. The zero-order chi connectivity index (χ0) is 14.8. The highest BCUT2D eigenvalue weighted by atomic mass is 35.5. The van der Waals surface area contributed by atoms with Gasteiger partial charge in [0.15, 0.2) is 0 Å². The van der Waals surface area contributed by atoms with Crippen molar-refractivity contribution in [2.45, 2.75) is 65.5 Å². The molecular weight excluding hydrogens is 270 g/mol. The Kier molecular flexibility index (Phi) is 5.14. The zero-order valence-electron chi connectivity index (χ0n) is 13.2. The number of aromatic nitrogens is 2. The Morgan fingerprint density at radius 3 is 2.85 bits per heavy atom. The predicted molar refractivity (Wildman–Crippen MR) is 85.1 cm³/mol. The van der Waals surface area contributed by atoms with Crippen molar-refractivity contribution in [2.75, 3.05) is 7.05 Å². The molecule has 2 unspecified atom stereocenters. The van der Waals surface area contributed by atoms with Gasteiger partial charge >= 0.3 is 0 Å². The number of halogens is 1. The lowest BCUT2D eigenvalue weighted by Crippen LogP contribution is -2.39. The van der Waals surface area contributed by atoms with Gasteiger partial charge in [0.25, 0.3) is 0 Å². The van der Waals surface area contributed by atoms with Crippen LogP contribution >= 0.6 is 11.6 Å². The van der Waals surface area contributed by atoms with E-state index in [1.54, 1.807) is 6.20 Å². The molecule has 114 valence electrons. The van der Waals surface area contributed by atoms with E-state index < -0.39 is 0 Å². The van der Waals surface area contributed by atoms with Crippen molar-refractivity contribution in [3.8, 4) is 0 Å². The lowest BCUT2D eigenvalue weighted by molar-refractivity contribution is 0.0977. The van der Waals surface area contributed by atoms with Gasteiger partial charge in [-0.3, -0.25) is 4.68 Å². The normalized spacial score (nSPS) is 23.8. The Morgan fingerprint density at radius 2 is 2.25 bits per heavy atom. The fourth-order valence-electron chi connectivity index (χ4n) is 3.74. The molecule has 2 rings (SSSR count). The van der Waals surface area contributed by atoms with Crippen molar-refractivity contribution >= 4 is 11.6 Å². The summed E-state index contributed by atoms with van der Waals surface area (Å²) < 4.78 is 2.09. The first-order chi connectivity index (χ1) is 9.51. The molecule has 0 saturated heterocycles. The van der Waals surface area contributed by atoms with E-state index in [1.165, 1.54) is 31.4 Å². The average Bonchev–Trinajstić information content (AvgIpc) is 2.75. The molecule has 1 aliphatic carbocycles. The summed E-state index contributed by atoms with van der Waals surface area (Å²) in [5.41, 5.74) is 1.53. The molecule has 0 bridgehead atoms. The Balaban J connectivity index is 2.34. The summed E-state index contributed by atoms with van der Waals surface area (Å²) in [5.74, 6) is 0.617. The van der Waals surface area contributed by atoms with Crippen LogP contribution in [0.25, 0.3) is 0 Å². The molecule has 1 aromatic rings. The molecule has 20 heavy (non-hydrogen) atoms. The minimum atomic E-state index is 0.298. The highest BCUT2D eigenvalue weighted by Gasteiger charge is 2.39. The van der Waals surface area contributed by atoms with Gasteiger partial charge in [0.1, 0.15) is 0 Å². The van der Waals surface area contributed by atoms with Gasteiger partial charge in [-0.25, -0.2) is 0 Å². The van der Waals surface area contributed by atoms with Gasteiger partial charge in [0.2, 0.25) is 0 Å². The summed E-state index contributed by atoms with van der Waals surface area (Å²) in [4.78, 5) is 0. The van der Waals surface area contributed by atoms with Gasteiger partial charge < -0.3 is 5.32 Å².